The number of benzene rings is 1. The van der Waals surface area contributed by atoms with Crippen LogP contribution in [0.2, 0.25) is 0 Å². The van der Waals surface area contributed by atoms with Crippen molar-refractivity contribution in [3.8, 4) is 0 Å². The first-order valence-electron chi connectivity index (χ1n) is 8.25. The van der Waals surface area contributed by atoms with Gasteiger partial charge in [0, 0.05) is 19.8 Å². The number of ether oxygens (including phenoxy) is 2. The van der Waals surface area contributed by atoms with E-state index in [1.165, 1.54) is 0 Å². The summed E-state index contributed by atoms with van der Waals surface area (Å²) in [4.78, 5) is 15.2. The third-order valence-corrected chi connectivity index (χ3v) is 7.39. The van der Waals surface area contributed by atoms with E-state index in [1.54, 1.807) is 35.2 Å². The Morgan fingerprint density at radius 1 is 1.12 bits per heavy atom. The molecule has 1 aromatic carbocycles. The van der Waals surface area contributed by atoms with E-state index in [0.717, 1.165) is 0 Å². The van der Waals surface area contributed by atoms with E-state index < -0.39 is 14.6 Å². The summed E-state index contributed by atoms with van der Waals surface area (Å²) in [5.74, 6) is -0.314. The fourth-order valence-corrected chi connectivity index (χ4v) is 5.43. The predicted octanol–water partition coefficient (Wildman–Crippen LogP) is 1.26. The van der Waals surface area contributed by atoms with Crippen LogP contribution in [0.1, 0.15) is 19.8 Å². The molecule has 0 radical (unpaired) electrons. The summed E-state index contributed by atoms with van der Waals surface area (Å²) >= 11 is 0. The molecule has 3 rings (SSSR count). The molecule has 2 aliphatic heterocycles. The number of carbonyl (C=O) groups is 1. The van der Waals surface area contributed by atoms with E-state index in [-0.39, 0.29) is 42.9 Å². The minimum absolute atomic E-state index is 0.128. The lowest BCUT2D eigenvalue weighted by atomic mass is 9.96. The van der Waals surface area contributed by atoms with Crippen LogP contribution in [0, 0.1) is 0 Å². The first kappa shape index (κ1) is 17.4. The van der Waals surface area contributed by atoms with Crippen molar-refractivity contribution in [2.45, 2.75) is 35.4 Å². The Morgan fingerprint density at radius 3 is 2.42 bits per heavy atom. The number of amides is 1. The van der Waals surface area contributed by atoms with Crippen molar-refractivity contribution in [2.24, 2.45) is 0 Å². The second kappa shape index (κ2) is 6.82. The van der Waals surface area contributed by atoms with Gasteiger partial charge in [-0.2, -0.15) is 0 Å². The van der Waals surface area contributed by atoms with Gasteiger partial charge in [0.15, 0.2) is 14.6 Å². The molecule has 1 aromatic rings. The molecule has 2 aliphatic rings. The van der Waals surface area contributed by atoms with Gasteiger partial charge in [-0.05, 0) is 31.9 Å². The summed E-state index contributed by atoms with van der Waals surface area (Å²) in [6.45, 7) is 3.73. The summed E-state index contributed by atoms with van der Waals surface area (Å²) in [6.07, 6.45) is 0.375. The molecule has 0 bridgehead atoms. The number of nitrogens with zero attached hydrogens (tertiary/aromatic N) is 1. The third kappa shape index (κ3) is 2.85. The lowest BCUT2D eigenvalue weighted by molar-refractivity contribution is -0.144. The normalized spacial score (nSPS) is 24.5. The Hall–Kier alpha value is -1.44. The fourth-order valence-electron chi connectivity index (χ4n) is 3.41. The highest BCUT2D eigenvalue weighted by Crippen LogP contribution is 2.37. The van der Waals surface area contributed by atoms with Gasteiger partial charge in [-0.3, -0.25) is 4.79 Å². The molecule has 0 spiro atoms. The summed E-state index contributed by atoms with van der Waals surface area (Å²) in [6, 6.07) is 8.12. The van der Waals surface area contributed by atoms with Gasteiger partial charge in [0.2, 0.25) is 5.91 Å². The van der Waals surface area contributed by atoms with Gasteiger partial charge in [-0.15, -0.1) is 0 Å². The molecule has 7 heteroatoms. The highest BCUT2D eigenvalue weighted by molar-refractivity contribution is 7.93. The van der Waals surface area contributed by atoms with Crippen molar-refractivity contribution < 1.29 is 22.7 Å². The van der Waals surface area contributed by atoms with Gasteiger partial charge in [0.1, 0.15) is 0 Å². The maximum atomic E-state index is 13.4. The number of hydrogen-bond acceptors (Lipinski definition) is 5. The van der Waals surface area contributed by atoms with E-state index >= 15 is 0 Å². The number of hydrogen-bond donors (Lipinski definition) is 0. The van der Waals surface area contributed by atoms with Crippen LogP contribution in [0.15, 0.2) is 35.2 Å². The van der Waals surface area contributed by atoms with Crippen LogP contribution in [-0.2, 0) is 24.1 Å². The second-order valence-electron chi connectivity index (χ2n) is 6.35. The van der Waals surface area contributed by atoms with Crippen LogP contribution >= 0.6 is 0 Å². The summed E-state index contributed by atoms with van der Waals surface area (Å²) in [7, 11) is -3.81. The molecule has 0 aliphatic carbocycles. The molecule has 24 heavy (non-hydrogen) atoms. The molecule has 0 unspecified atom stereocenters. The predicted molar refractivity (Wildman–Crippen MR) is 88.4 cm³/mol. The van der Waals surface area contributed by atoms with E-state index in [4.69, 9.17) is 9.47 Å². The molecule has 6 nitrogen and oxygen atoms in total. The van der Waals surface area contributed by atoms with Crippen molar-refractivity contribution in [1.29, 1.82) is 0 Å². The zero-order chi connectivity index (χ0) is 17.2. The average Bonchev–Trinajstić information content (AvgIpc) is 2.63. The molecule has 0 saturated carbocycles. The van der Waals surface area contributed by atoms with Crippen molar-refractivity contribution in [1.82, 2.24) is 4.90 Å². The summed E-state index contributed by atoms with van der Waals surface area (Å²) in [5.41, 5.74) is 0. The topological polar surface area (TPSA) is 72.9 Å². The Balaban J connectivity index is 2.03. The van der Waals surface area contributed by atoms with E-state index in [1.807, 2.05) is 6.92 Å². The smallest absolute Gasteiger partial charge is 0.245 e. The van der Waals surface area contributed by atoms with Crippen LogP contribution in [0.3, 0.4) is 0 Å². The van der Waals surface area contributed by atoms with E-state index in [2.05, 4.69) is 0 Å². The first-order chi connectivity index (χ1) is 11.5. The SMILES string of the molecule is C[C@@H]1COCCN1C(=O)C1(S(=O)(=O)c2ccccc2)CCOCC1. The van der Waals surface area contributed by atoms with Gasteiger partial charge in [-0.1, -0.05) is 18.2 Å². The fraction of sp³-hybridized carbons (Fsp3) is 0.588. The number of rotatable bonds is 3. The molecule has 2 heterocycles. The van der Waals surface area contributed by atoms with E-state index in [0.29, 0.717) is 19.8 Å². The lowest BCUT2D eigenvalue weighted by Gasteiger charge is -2.42. The second-order valence-corrected chi connectivity index (χ2v) is 8.61. The van der Waals surface area contributed by atoms with Gasteiger partial charge < -0.3 is 14.4 Å². The monoisotopic (exact) mass is 353 g/mol. The molecule has 1 atom stereocenters. The largest absolute Gasteiger partial charge is 0.381 e. The van der Waals surface area contributed by atoms with Crippen LogP contribution in [0.5, 0.6) is 0 Å². The molecular formula is C17H23NO5S. The molecule has 2 saturated heterocycles. The summed E-state index contributed by atoms with van der Waals surface area (Å²) in [5, 5.41) is 0. The maximum Gasteiger partial charge on any atom is 0.245 e. The number of carbonyl (C=O) groups excluding carboxylic acids is 1. The molecule has 0 aromatic heterocycles. The molecule has 0 N–H and O–H groups in total. The number of morpholine rings is 1. The quantitative estimate of drug-likeness (QED) is 0.818. The van der Waals surface area contributed by atoms with Crippen LogP contribution in [-0.4, -0.2) is 63.0 Å². The van der Waals surface area contributed by atoms with Crippen molar-refractivity contribution in [2.75, 3.05) is 33.0 Å². The third-order valence-electron chi connectivity index (χ3n) is 4.89. The summed E-state index contributed by atoms with van der Waals surface area (Å²) < 4.78 is 36.0. The zero-order valence-corrected chi connectivity index (χ0v) is 14.6. The van der Waals surface area contributed by atoms with E-state index in [9.17, 15) is 13.2 Å². The van der Waals surface area contributed by atoms with Gasteiger partial charge in [0.05, 0.1) is 24.2 Å². The highest BCUT2D eigenvalue weighted by atomic mass is 32.2. The van der Waals surface area contributed by atoms with Crippen molar-refractivity contribution in [3.63, 3.8) is 0 Å². The van der Waals surface area contributed by atoms with Crippen molar-refractivity contribution >= 4 is 15.7 Å². The number of sulfone groups is 1. The van der Waals surface area contributed by atoms with Gasteiger partial charge >= 0.3 is 0 Å². The molecule has 1 amide bonds. The minimum Gasteiger partial charge on any atom is -0.381 e. The Morgan fingerprint density at radius 2 is 1.79 bits per heavy atom. The molecule has 132 valence electrons. The zero-order valence-electron chi connectivity index (χ0n) is 13.8. The Kier molecular flexibility index (Phi) is 4.94. The van der Waals surface area contributed by atoms with Gasteiger partial charge in [0.25, 0.3) is 0 Å². The highest BCUT2D eigenvalue weighted by Gasteiger charge is 2.54. The van der Waals surface area contributed by atoms with Crippen LogP contribution < -0.4 is 0 Å². The molecular weight excluding hydrogens is 330 g/mol. The average molecular weight is 353 g/mol. The Bertz CT molecular complexity index is 682. The van der Waals surface area contributed by atoms with Crippen LogP contribution in [0.25, 0.3) is 0 Å². The van der Waals surface area contributed by atoms with Gasteiger partial charge in [-0.25, -0.2) is 8.42 Å². The minimum atomic E-state index is -3.81. The van der Waals surface area contributed by atoms with Crippen molar-refractivity contribution in [3.05, 3.63) is 30.3 Å². The standard InChI is InChI=1S/C17H23NO5S/c1-14-13-23-12-9-18(14)16(19)17(7-10-22-11-8-17)24(20,21)15-5-3-2-4-6-15/h2-6,14H,7-13H2,1H3/t14-/m1/s1. The Labute approximate surface area is 142 Å². The first-order valence-corrected chi connectivity index (χ1v) is 9.73. The van der Waals surface area contributed by atoms with Crippen LogP contribution in [0.4, 0.5) is 0 Å². The molecule has 2 fully saturated rings. The maximum absolute atomic E-state index is 13.4. The lowest BCUT2D eigenvalue weighted by Crippen LogP contribution is -2.60.